The monoisotopic (exact) mass is 523 g/mol. The Balaban J connectivity index is 1.08. The lowest BCUT2D eigenvalue weighted by Crippen LogP contribution is -2.47. The van der Waals surface area contributed by atoms with Gasteiger partial charge in [-0.3, -0.25) is 4.79 Å². The van der Waals surface area contributed by atoms with Gasteiger partial charge < -0.3 is 40.0 Å². The van der Waals surface area contributed by atoms with Crippen LogP contribution in [0.5, 0.6) is 17.2 Å². The second-order valence-corrected chi connectivity index (χ2v) is 10.4. The van der Waals surface area contributed by atoms with Gasteiger partial charge in [0, 0.05) is 29.8 Å². The van der Waals surface area contributed by atoms with Gasteiger partial charge in [-0.2, -0.15) is 0 Å². The third-order valence-corrected chi connectivity index (χ3v) is 7.79. The number of aliphatic hydroxyl groups is 1. The summed E-state index contributed by atoms with van der Waals surface area (Å²) in [5, 5.41) is 18.9. The summed E-state index contributed by atoms with van der Waals surface area (Å²) in [5.41, 5.74) is 2.56. The molecule has 4 aliphatic rings. The van der Waals surface area contributed by atoms with Crippen LogP contribution >= 0.6 is 0 Å². The zero-order valence-corrected chi connectivity index (χ0v) is 21.1. The number of aliphatic hydroxyl groups excluding tert-OH is 1. The highest BCUT2D eigenvalue weighted by molar-refractivity contribution is 5.89. The molecular weight excluding hydrogens is 490 g/mol. The van der Waals surface area contributed by atoms with Crippen molar-refractivity contribution in [3.05, 3.63) is 47.5 Å². The SMILES string of the molecule is O=C(C[C@@H]1C[C@@H]2c3cc(NC(=O)NC4CCCC4)ccc3O[C@@H]2[C@H](CO)O1)NCc1ccc2c(c1)OCO2. The zero-order valence-electron chi connectivity index (χ0n) is 21.1. The van der Waals surface area contributed by atoms with Crippen LogP contribution in [-0.4, -0.2) is 54.8 Å². The van der Waals surface area contributed by atoms with Gasteiger partial charge in [-0.1, -0.05) is 18.9 Å². The van der Waals surface area contributed by atoms with Gasteiger partial charge >= 0.3 is 6.03 Å². The van der Waals surface area contributed by atoms with E-state index in [4.69, 9.17) is 18.9 Å². The highest BCUT2D eigenvalue weighted by Crippen LogP contribution is 2.47. The van der Waals surface area contributed by atoms with Crippen molar-refractivity contribution >= 4 is 17.6 Å². The van der Waals surface area contributed by atoms with E-state index >= 15 is 0 Å². The van der Waals surface area contributed by atoms with Gasteiger partial charge in [0.1, 0.15) is 18.0 Å². The van der Waals surface area contributed by atoms with Crippen molar-refractivity contribution in [2.75, 3.05) is 18.7 Å². The Bertz CT molecular complexity index is 1200. The van der Waals surface area contributed by atoms with Gasteiger partial charge in [-0.05, 0) is 55.2 Å². The van der Waals surface area contributed by atoms with E-state index in [1.165, 1.54) is 0 Å². The van der Waals surface area contributed by atoms with Crippen molar-refractivity contribution < 1.29 is 33.6 Å². The summed E-state index contributed by atoms with van der Waals surface area (Å²) in [6.45, 7) is 0.358. The molecule has 2 aromatic carbocycles. The number of carbonyl (C=O) groups excluding carboxylic acids is 2. The minimum atomic E-state index is -0.546. The Labute approximate surface area is 221 Å². The summed E-state index contributed by atoms with van der Waals surface area (Å²) in [6.07, 6.45) is 3.81. The third-order valence-electron chi connectivity index (χ3n) is 7.79. The quantitative estimate of drug-likeness (QED) is 0.439. The predicted octanol–water partition coefficient (Wildman–Crippen LogP) is 3.18. The fraction of sp³-hybridized carbons (Fsp3) is 0.500. The van der Waals surface area contributed by atoms with Crippen LogP contribution in [0.2, 0.25) is 0 Å². The number of hydrogen-bond acceptors (Lipinski definition) is 7. The van der Waals surface area contributed by atoms with E-state index in [0.29, 0.717) is 30.2 Å². The molecule has 0 aromatic heterocycles. The van der Waals surface area contributed by atoms with Gasteiger partial charge in [-0.25, -0.2) is 4.79 Å². The maximum absolute atomic E-state index is 12.8. The van der Waals surface area contributed by atoms with Crippen LogP contribution in [0.3, 0.4) is 0 Å². The van der Waals surface area contributed by atoms with Crippen LogP contribution in [0.15, 0.2) is 36.4 Å². The van der Waals surface area contributed by atoms with Crippen LogP contribution in [0.25, 0.3) is 0 Å². The first kappa shape index (κ1) is 24.8. The van der Waals surface area contributed by atoms with Crippen LogP contribution in [0.1, 0.15) is 55.6 Å². The zero-order chi connectivity index (χ0) is 26.1. The molecule has 4 atom stereocenters. The number of ether oxygens (including phenoxy) is 4. The van der Waals surface area contributed by atoms with Crippen LogP contribution in [0.4, 0.5) is 10.5 Å². The number of rotatable bonds is 7. The highest BCUT2D eigenvalue weighted by Gasteiger charge is 2.46. The highest BCUT2D eigenvalue weighted by atomic mass is 16.7. The topological polar surface area (TPSA) is 127 Å². The van der Waals surface area contributed by atoms with E-state index in [1.807, 2.05) is 36.4 Å². The van der Waals surface area contributed by atoms with Crippen molar-refractivity contribution in [1.29, 1.82) is 0 Å². The molecule has 3 heterocycles. The smallest absolute Gasteiger partial charge is 0.319 e. The molecule has 10 nitrogen and oxygen atoms in total. The van der Waals surface area contributed by atoms with Crippen LogP contribution in [0, 0.1) is 0 Å². The van der Waals surface area contributed by atoms with Gasteiger partial charge in [0.15, 0.2) is 11.5 Å². The molecule has 0 bridgehead atoms. The minimum absolute atomic E-state index is 0.0535. The van der Waals surface area contributed by atoms with E-state index in [9.17, 15) is 14.7 Å². The minimum Gasteiger partial charge on any atom is -0.487 e. The number of hydrogen-bond donors (Lipinski definition) is 4. The molecule has 3 amide bonds. The molecule has 0 spiro atoms. The summed E-state index contributed by atoms with van der Waals surface area (Å²) < 4.78 is 23.0. The molecule has 6 rings (SSSR count). The Hall–Kier alpha value is -3.50. The Kier molecular flexibility index (Phi) is 6.99. The van der Waals surface area contributed by atoms with Crippen LogP contribution < -0.4 is 30.2 Å². The van der Waals surface area contributed by atoms with Crippen molar-refractivity contribution in [3.63, 3.8) is 0 Å². The van der Waals surface area contributed by atoms with E-state index in [2.05, 4.69) is 16.0 Å². The maximum atomic E-state index is 12.8. The second kappa shape index (κ2) is 10.7. The summed E-state index contributed by atoms with van der Waals surface area (Å²) in [6, 6.07) is 11.2. The molecule has 3 aliphatic heterocycles. The Morgan fingerprint density at radius 1 is 1.00 bits per heavy atom. The average Bonchev–Trinajstić information content (AvgIpc) is 3.67. The summed E-state index contributed by atoms with van der Waals surface area (Å²) in [7, 11) is 0. The van der Waals surface area contributed by atoms with Crippen molar-refractivity contribution in [2.45, 2.75) is 75.3 Å². The summed E-state index contributed by atoms with van der Waals surface area (Å²) >= 11 is 0. The molecule has 1 saturated carbocycles. The largest absolute Gasteiger partial charge is 0.487 e. The number of carbonyl (C=O) groups is 2. The number of fused-ring (bicyclic) bond motifs is 4. The molecule has 38 heavy (non-hydrogen) atoms. The lowest BCUT2D eigenvalue weighted by atomic mass is 9.84. The number of urea groups is 1. The predicted molar refractivity (Wildman–Crippen MR) is 137 cm³/mol. The maximum Gasteiger partial charge on any atom is 0.319 e. The van der Waals surface area contributed by atoms with Gasteiger partial charge in [0.05, 0.1) is 19.1 Å². The summed E-state index contributed by atoms with van der Waals surface area (Å²) in [4.78, 5) is 25.3. The molecule has 4 N–H and O–H groups in total. The molecule has 0 unspecified atom stereocenters. The number of benzene rings is 2. The molecule has 202 valence electrons. The molecule has 1 aliphatic carbocycles. The summed E-state index contributed by atoms with van der Waals surface area (Å²) in [5.74, 6) is 1.90. The lowest BCUT2D eigenvalue weighted by Gasteiger charge is -2.37. The first-order valence-electron chi connectivity index (χ1n) is 13.4. The van der Waals surface area contributed by atoms with Gasteiger partial charge in [-0.15, -0.1) is 0 Å². The number of nitrogens with one attached hydrogen (secondary N) is 3. The molecule has 1 saturated heterocycles. The first-order chi connectivity index (χ1) is 18.6. The van der Waals surface area contributed by atoms with E-state index in [0.717, 1.165) is 42.6 Å². The molecular formula is C28H33N3O7. The van der Waals surface area contributed by atoms with Crippen molar-refractivity contribution in [1.82, 2.24) is 10.6 Å². The first-order valence-corrected chi connectivity index (χ1v) is 13.4. The lowest BCUT2D eigenvalue weighted by molar-refractivity contribution is -0.142. The second-order valence-electron chi connectivity index (χ2n) is 10.4. The fourth-order valence-corrected chi connectivity index (χ4v) is 5.92. The van der Waals surface area contributed by atoms with Gasteiger partial charge in [0.2, 0.25) is 12.7 Å². The van der Waals surface area contributed by atoms with E-state index in [1.54, 1.807) is 0 Å². The number of amides is 3. The third kappa shape index (κ3) is 5.23. The molecule has 10 heteroatoms. The Morgan fingerprint density at radius 3 is 2.66 bits per heavy atom. The fourth-order valence-electron chi connectivity index (χ4n) is 5.92. The van der Waals surface area contributed by atoms with E-state index in [-0.39, 0.29) is 55.9 Å². The normalized spacial score (nSPS) is 25.3. The van der Waals surface area contributed by atoms with E-state index < -0.39 is 6.10 Å². The molecule has 2 aromatic rings. The van der Waals surface area contributed by atoms with Gasteiger partial charge in [0.25, 0.3) is 0 Å². The molecule has 2 fully saturated rings. The standard InChI is InChI=1S/C28H33N3O7/c32-14-25-27-21(20-10-18(6-8-22(20)38-27)31-28(34)30-17-3-1-2-4-17)11-19(37-25)12-26(33)29-13-16-5-7-23-24(9-16)36-15-35-23/h5-10,17,19,21,25,27,32H,1-4,11-15H2,(H,29,33)(H2,30,31,34)/t19-,21+,25-,27-/m0/s1. The van der Waals surface area contributed by atoms with Crippen molar-refractivity contribution in [2.24, 2.45) is 0 Å². The average molecular weight is 524 g/mol. The molecule has 0 radical (unpaired) electrons. The van der Waals surface area contributed by atoms with Crippen molar-refractivity contribution in [3.8, 4) is 17.2 Å². The van der Waals surface area contributed by atoms with Crippen LogP contribution in [-0.2, 0) is 16.1 Å². The number of anilines is 1. The Morgan fingerprint density at radius 2 is 1.82 bits per heavy atom.